The van der Waals surface area contributed by atoms with E-state index in [1.54, 1.807) is 17.5 Å². The quantitative estimate of drug-likeness (QED) is 0.612. The van der Waals surface area contributed by atoms with Crippen molar-refractivity contribution in [1.29, 1.82) is 0 Å². The van der Waals surface area contributed by atoms with Crippen LogP contribution in [-0.2, 0) is 19.6 Å². The molecule has 5 heteroatoms. The molecule has 0 atom stereocenters. The van der Waals surface area contributed by atoms with E-state index in [4.69, 9.17) is 0 Å². The SMILES string of the molecule is CCN(CC)Cc1ccc(CNCc2csc(-c3ccccn3)n2)cc1. The van der Waals surface area contributed by atoms with Crippen molar-refractivity contribution < 1.29 is 0 Å². The smallest absolute Gasteiger partial charge is 0.142 e. The standard InChI is InChI=1S/C21H26N4S/c1-3-25(4-2)15-18-10-8-17(9-11-18)13-22-14-19-16-26-21(24-19)20-7-5-6-12-23-20/h5-12,16,22H,3-4,13-15H2,1-2H3. The second-order valence-corrected chi connectivity index (χ2v) is 7.10. The fourth-order valence-corrected chi connectivity index (χ4v) is 3.59. The number of nitrogens with one attached hydrogen (secondary N) is 1. The summed E-state index contributed by atoms with van der Waals surface area (Å²) in [5.74, 6) is 0. The van der Waals surface area contributed by atoms with Crippen LogP contribution in [-0.4, -0.2) is 28.0 Å². The van der Waals surface area contributed by atoms with E-state index in [1.165, 1.54) is 11.1 Å². The van der Waals surface area contributed by atoms with Gasteiger partial charge in [0.1, 0.15) is 5.01 Å². The maximum atomic E-state index is 4.67. The lowest BCUT2D eigenvalue weighted by Crippen LogP contribution is -2.22. The highest BCUT2D eigenvalue weighted by atomic mass is 32.1. The summed E-state index contributed by atoms with van der Waals surface area (Å²) in [5.41, 5.74) is 4.67. The first-order valence-corrected chi connectivity index (χ1v) is 10.0. The average Bonchev–Trinajstić information content (AvgIpc) is 3.17. The molecule has 3 aromatic rings. The molecule has 3 rings (SSSR count). The van der Waals surface area contributed by atoms with Crippen molar-refractivity contribution in [3.05, 3.63) is 70.9 Å². The van der Waals surface area contributed by atoms with Gasteiger partial charge in [-0.05, 0) is 36.3 Å². The lowest BCUT2D eigenvalue weighted by Gasteiger charge is -2.18. The second-order valence-electron chi connectivity index (χ2n) is 6.24. The summed E-state index contributed by atoms with van der Waals surface area (Å²) < 4.78 is 0. The summed E-state index contributed by atoms with van der Waals surface area (Å²) in [6, 6.07) is 14.8. The third-order valence-corrected chi connectivity index (χ3v) is 5.31. The number of pyridine rings is 1. The molecular weight excluding hydrogens is 340 g/mol. The number of rotatable bonds is 9. The third kappa shape index (κ3) is 5.21. The molecule has 0 aliphatic carbocycles. The van der Waals surface area contributed by atoms with E-state index in [1.807, 2.05) is 18.2 Å². The highest BCUT2D eigenvalue weighted by molar-refractivity contribution is 7.13. The molecule has 0 amide bonds. The molecule has 2 aromatic heterocycles. The number of hydrogen-bond donors (Lipinski definition) is 1. The van der Waals surface area contributed by atoms with Crippen LogP contribution in [0.15, 0.2) is 54.0 Å². The predicted octanol–water partition coefficient (Wildman–Crippen LogP) is 4.34. The van der Waals surface area contributed by atoms with E-state index >= 15 is 0 Å². The van der Waals surface area contributed by atoms with Gasteiger partial charge >= 0.3 is 0 Å². The number of aromatic nitrogens is 2. The Morgan fingerprint density at radius 1 is 0.962 bits per heavy atom. The molecular formula is C21H26N4S. The van der Waals surface area contributed by atoms with E-state index in [9.17, 15) is 0 Å². The first-order valence-electron chi connectivity index (χ1n) is 9.15. The number of thiazole rings is 1. The molecule has 0 aliphatic rings. The van der Waals surface area contributed by atoms with E-state index in [-0.39, 0.29) is 0 Å². The van der Waals surface area contributed by atoms with E-state index < -0.39 is 0 Å². The van der Waals surface area contributed by atoms with E-state index in [0.29, 0.717) is 0 Å². The zero-order valence-corrected chi connectivity index (χ0v) is 16.3. The molecule has 0 unspecified atom stereocenters. The van der Waals surface area contributed by atoms with Crippen molar-refractivity contribution in [1.82, 2.24) is 20.2 Å². The maximum Gasteiger partial charge on any atom is 0.142 e. The van der Waals surface area contributed by atoms with Gasteiger partial charge < -0.3 is 5.32 Å². The molecule has 1 aromatic carbocycles. The van der Waals surface area contributed by atoms with Crippen molar-refractivity contribution in [2.75, 3.05) is 13.1 Å². The number of hydrogen-bond acceptors (Lipinski definition) is 5. The summed E-state index contributed by atoms with van der Waals surface area (Å²) in [7, 11) is 0. The summed E-state index contributed by atoms with van der Waals surface area (Å²) >= 11 is 1.64. The van der Waals surface area contributed by atoms with Crippen LogP contribution in [0.25, 0.3) is 10.7 Å². The normalized spacial score (nSPS) is 11.2. The Labute approximate surface area is 159 Å². The molecule has 0 bridgehead atoms. The van der Waals surface area contributed by atoms with Crippen LogP contribution in [0.5, 0.6) is 0 Å². The van der Waals surface area contributed by atoms with Crippen LogP contribution in [0.2, 0.25) is 0 Å². The maximum absolute atomic E-state index is 4.67. The van der Waals surface area contributed by atoms with Gasteiger partial charge in [-0.3, -0.25) is 9.88 Å². The lowest BCUT2D eigenvalue weighted by atomic mass is 10.1. The topological polar surface area (TPSA) is 41.0 Å². The Hall–Kier alpha value is -2.08. The van der Waals surface area contributed by atoms with Crippen LogP contribution >= 0.6 is 11.3 Å². The zero-order valence-electron chi connectivity index (χ0n) is 15.5. The van der Waals surface area contributed by atoms with Crippen LogP contribution in [0.3, 0.4) is 0 Å². The minimum absolute atomic E-state index is 0.768. The highest BCUT2D eigenvalue weighted by Gasteiger charge is 2.05. The van der Waals surface area contributed by atoms with E-state index in [2.05, 4.69) is 63.7 Å². The molecule has 0 aliphatic heterocycles. The Kier molecular flexibility index (Phi) is 6.89. The fraction of sp³-hybridized carbons (Fsp3) is 0.333. The lowest BCUT2D eigenvalue weighted by molar-refractivity contribution is 0.296. The molecule has 0 saturated heterocycles. The van der Waals surface area contributed by atoms with Gasteiger partial charge in [-0.1, -0.05) is 44.2 Å². The van der Waals surface area contributed by atoms with Gasteiger partial charge in [0.05, 0.1) is 11.4 Å². The Morgan fingerprint density at radius 3 is 2.42 bits per heavy atom. The van der Waals surface area contributed by atoms with Gasteiger partial charge in [0.25, 0.3) is 0 Å². The van der Waals surface area contributed by atoms with E-state index in [0.717, 1.165) is 49.1 Å². The summed E-state index contributed by atoms with van der Waals surface area (Å²) in [4.78, 5) is 11.4. The Morgan fingerprint density at radius 2 is 1.73 bits per heavy atom. The first-order chi connectivity index (χ1) is 12.8. The summed E-state index contributed by atoms with van der Waals surface area (Å²) in [6.45, 7) is 9.24. The van der Waals surface area contributed by atoms with Crippen molar-refractivity contribution in [2.45, 2.75) is 33.5 Å². The molecule has 4 nitrogen and oxygen atoms in total. The van der Waals surface area contributed by atoms with Crippen molar-refractivity contribution in [2.24, 2.45) is 0 Å². The minimum Gasteiger partial charge on any atom is -0.307 e. The number of benzene rings is 1. The van der Waals surface area contributed by atoms with Gasteiger partial charge in [0, 0.05) is 31.2 Å². The zero-order chi connectivity index (χ0) is 18.2. The van der Waals surface area contributed by atoms with Gasteiger partial charge in [-0.25, -0.2) is 4.98 Å². The molecule has 0 fully saturated rings. The Bertz CT molecular complexity index is 779. The van der Waals surface area contributed by atoms with Gasteiger partial charge in [0.2, 0.25) is 0 Å². The van der Waals surface area contributed by atoms with Crippen molar-refractivity contribution >= 4 is 11.3 Å². The first kappa shape index (κ1) is 18.7. The molecule has 136 valence electrons. The van der Waals surface area contributed by atoms with Gasteiger partial charge in [-0.15, -0.1) is 11.3 Å². The van der Waals surface area contributed by atoms with Gasteiger partial charge in [0.15, 0.2) is 0 Å². The Balaban J connectivity index is 1.48. The summed E-state index contributed by atoms with van der Waals surface area (Å²) in [5, 5.41) is 6.56. The average molecular weight is 367 g/mol. The van der Waals surface area contributed by atoms with Crippen LogP contribution < -0.4 is 5.32 Å². The fourth-order valence-electron chi connectivity index (χ4n) is 2.80. The molecule has 0 spiro atoms. The predicted molar refractivity (Wildman–Crippen MR) is 109 cm³/mol. The number of nitrogens with zero attached hydrogens (tertiary/aromatic N) is 3. The highest BCUT2D eigenvalue weighted by Crippen LogP contribution is 2.21. The summed E-state index contributed by atoms with van der Waals surface area (Å²) in [6.07, 6.45) is 1.80. The minimum atomic E-state index is 0.768. The van der Waals surface area contributed by atoms with Crippen LogP contribution in [0.4, 0.5) is 0 Å². The van der Waals surface area contributed by atoms with Crippen molar-refractivity contribution in [3.63, 3.8) is 0 Å². The molecule has 1 N–H and O–H groups in total. The van der Waals surface area contributed by atoms with Crippen LogP contribution in [0.1, 0.15) is 30.7 Å². The molecule has 2 heterocycles. The largest absolute Gasteiger partial charge is 0.307 e. The second kappa shape index (κ2) is 9.57. The van der Waals surface area contributed by atoms with Crippen LogP contribution in [0, 0.1) is 0 Å². The third-order valence-electron chi connectivity index (χ3n) is 4.39. The molecule has 0 saturated carbocycles. The molecule has 0 radical (unpaired) electrons. The molecule has 26 heavy (non-hydrogen) atoms. The van der Waals surface area contributed by atoms with Crippen molar-refractivity contribution in [3.8, 4) is 10.7 Å². The monoisotopic (exact) mass is 366 g/mol. The van der Waals surface area contributed by atoms with Gasteiger partial charge in [-0.2, -0.15) is 0 Å².